The minimum absolute atomic E-state index is 0.0116. The van der Waals surface area contributed by atoms with Crippen LogP contribution in [0.1, 0.15) is 5.56 Å². The number of ether oxygens (including phenoxy) is 1. The molecule has 1 heterocycles. The van der Waals surface area contributed by atoms with Crippen molar-refractivity contribution in [2.45, 2.75) is 0 Å². The average molecular weight is 496 g/mol. The van der Waals surface area contributed by atoms with E-state index in [4.69, 9.17) is 27.9 Å². The molecule has 32 heavy (non-hydrogen) atoms. The van der Waals surface area contributed by atoms with Gasteiger partial charge in [-0.15, -0.1) is 0 Å². The molecule has 2 aromatic rings. The molecule has 0 saturated carbocycles. The van der Waals surface area contributed by atoms with Crippen molar-refractivity contribution in [2.24, 2.45) is 0 Å². The van der Waals surface area contributed by atoms with Crippen molar-refractivity contribution in [3.8, 4) is 5.75 Å². The molecule has 166 valence electrons. The first-order valence-electron chi connectivity index (χ1n) is 9.10. The van der Waals surface area contributed by atoms with Gasteiger partial charge in [-0.05, 0) is 35.5 Å². The van der Waals surface area contributed by atoms with E-state index >= 15 is 0 Å². The first-order valence-corrected chi connectivity index (χ1v) is 10.7. The Kier molecular flexibility index (Phi) is 7.73. The second-order valence-corrected chi connectivity index (χ2v) is 8.12. The Hall–Kier alpha value is -3.08. The Morgan fingerprint density at radius 3 is 2.69 bits per heavy atom. The summed E-state index contributed by atoms with van der Waals surface area (Å²) in [6, 6.07) is 10.6. The first kappa shape index (κ1) is 23.6. The van der Waals surface area contributed by atoms with Gasteiger partial charge < -0.3 is 10.1 Å². The molecule has 9 nitrogen and oxygen atoms in total. The molecule has 3 amide bonds. The number of rotatable bonds is 8. The molecule has 0 radical (unpaired) electrons. The van der Waals surface area contributed by atoms with Crippen LogP contribution in [0.25, 0.3) is 6.08 Å². The lowest BCUT2D eigenvalue weighted by Gasteiger charge is -2.13. The maximum atomic E-state index is 12.5. The second-order valence-electron chi connectivity index (χ2n) is 6.34. The zero-order chi connectivity index (χ0) is 23.3. The highest BCUT2D eigenvalue weighted by molar-refractivity contribution is 8.18. The summed E-state index contributed by atoms with van der Waals surface area (Å²) in [6.45, 7) is -0.523. The molecule has 0 spiro atoms. The Morgan fingerprint density at radius 1 is 1.19 bits per heavy atom. The Bertz CT molecular complexity index is 1120. The smallest absolute Gasteiger partial charge is 0.310 e. The van der Waals surface area contributed by atoms with Crippen molar-refractivity contribution in [3.63, 3.8) is 0 Å². The largest absolute Gasteiger partial charge is 0.477 e. The molecule has 0 bridgehead atoms. The minimum atomic E-state index is -0.614. The molecule has 0 aromatic heterocycles. The Labute approximate surface area is 196 Å². The topological polar surface area (TPSA) is 119 Å². The number of carbonyl (C=O) groups is 3. The third-order valence-corrected chi connectivity index (χ3v) is 5.96. The minimum Gasteiger partial charge on any atom is -0.477 e. The second kappa shape index (κ2) is 10.5. The molecule has 0 atom stereocenters. The number of benzene rings is 2. The van der Waals surface area contributed by atoms with Crippen LogP contribution in [0.2, 0.25) is 10.0 Å². The number of amides is 3. The molecule has 1 aliphatic heterocycles. The molecule has 2 aromatic carbocycles. The van der Waals surface area contributed by atoms with Crippen molar-refractivity contribution in [3.05, 3.63) is 73.1 Å². The number of nitrogens with zero attached hydrogens (tertiary/aromatic N) is 2. The number of hydrogen-bond donors (Lipinski definition) is 1. The van der Waals surface area contributed by atoms with E-state index in [1.54, 1.807) is 24.3 Å². The summed E-state index contributed by atoms with van der Waals surface area (Å²) in [5, 5.41) is 13.6. The van der Waals surface area contributed by atoms with E-state index in [1.807, 2.05) is 0 Å². The monoisotopic (exact) mass is 495 g/mol. The van der Waals surface area contributed by atoms with Crippen LogP contribution in [0.4, 0.5) is 10.5 Å². The van der Waals surface area contributed by atoms with Gasteiger partial charge in [-0.25, -0.2) is 0 Å². The standard InChI is InChI=1S/C20H15Cl2N3O6S/c21-13-5-3-4-12(18(13)22)10-16-19(27)24(20(28)32-16)9-8-23-17(26)11-31-15-7-2-1-6-14(15)25(29)30/h1-7,10H,8-9,11H2,(H,23,26)/b16-10-. The number of nitro groups is 1. The van der Waals surface area contributed by atoms with Crippen LogP contribution in [0.15, 0.2) is 47.4 Å². The van der Waals surface area contributed by atoms with Crippen LogP contribution in [0.3, 0.4) is 0 Å². The number of halogens is 2. The number of imide groups is 1. The number of thioether (sulfide) groups is 1. The van der Waals surface area contributed by atoms with Crippen molar-refractivity contribution < 1.29 is 24.0 Å². The van der Waals surface area contributed by atoms with Gasteiger partial charge in [-0.1, -0.05) is 47.5 Å². The quantitative estimate of drug-likeness (QED) is 0.332. The summed E-state index contributed by atoms with van der Waals surface area (Å²) < 4.78 is 5.19. The zero-order valence-corrected chi connectivity index (χ0v) is 18.6. The maximum absolute atomic E-state index is 12.5. The number of nitro benzene ring substituents is 1. The fourth-order valence-electron chi connectivity index (χ4n) is 2.70. The van der Waals surface area contributed by atoms with Gasteiger partial charge in [0.1, 0.15) is 0 Å². The molecular formula is C20H15Cl2N3O6S. The van der Waals surface area contributed by atoms with E-state index in [9.17, 15) is 24.5 Å². The van der Waals surface area contributed by atoms with Crippen LogP contribution in [0, 0.1) is 10.1 Å². The fraction of sp³-hybridized carbons (Fsp3) is 0.150. The third kappa shape index (κ3) is 5.58. The Balaban J connectivity index is 1.53. The van der Waals surface area contributed by atoms with Crippen LogP contribution < -0.4 is 10.1 Å². The predicted molar refractivity (Wildman–Crippen MR) is 121 cm³/mol. The number of hydrogen-bond acceptors (Lipinski definition) is 7. The summed E-state index contributed by atoms with van der Waals surface area (Å²) in [6.07, 6.45) is 1.48. The van der Waals surface area contributed by atoms with E-state index < -0.39 is 28.6 Å². The van der Waals surface area contributed by atoms with Crippen molar-refractivity contribution in [1.29, 1.82) is 0 Å². The van der Waals surface area contributed by atoms with Gasteiger partial charge in [-0.2, -0.15) is 0 Å². The summed E-state index contributed by atoms with van der Waals surface area (Å²) in [4.78, 5) is 48.2. The third-order valence-electron chi connectivity index (χ3n) is 4.22. The van der Waals surface area contributed by atoms with Crippen molar-refractivity contribution >= 4 is 63.8 Å². The molecule has 3 rings (SSSR count). The first-order chi connectivity index (χ1) is 15.3. The van der Waals surface area contributed by atoms with Gasteiger partial charge in [0.05, 0.1) is 19.9 Å². The van der Waals surface area contributed by atoms with E-state index in [0.29, 0.717) is 10.6 Å². The summed E-state index contributed by atoms with van der Waals surface area (Å²) in [7, 11) is 0. The number of nitrogens with one attached hydrogen (secondary N) is 1. The normalized spacial score (nSPS) is 14.7. The highest BCUT2D eigenvalue weighted by Crippen LogP contribution is 2.34. The molecule has 1 saturated heterocycles. The van der Waals surface area contributed by atoms with Crippen LogP contribution in [-0.4, -0.2) is 46.6 Å². The summed E-state index contributed by atoms with van der Waals surface area (Å²) >= 11 is 12.8. The summed E-state index contributed by atoms with van der Waals surface area (Å²) in [5.41, 5.74) is 0.245. The molecule has 0 unspecified atom stereocenters. The van der Waals surface area contributed by atoms with E-state index in [-0.39, 0.29) is 34.5 Å². The predicted octanol–water partition coefficient (Wildman–Crippen LogP) is 4.13. The van der Waals surface area contributed by atoms with E-state index in [1.165, 1.54) is 24.3 Å². The molecule has 1 aliphatic rings. The number of carbonyl (C=O) groups excluding carboxylic acids is 3. The fourth-order valence-corrected chi connectivity index (χ4v) is 3.92. The SMILES string of the molecule is O=C(COc1ccccc1[N+](=O)[O-])NCCN1C(=O)S/C(=C\c2cccc(Cl)c2Cl)C1=O. The average Bonchev–Trinajstić information content (AvgIpc) is 3.03. The molecule has 1 fully saturated rings. The van der Waals surface area contributed by atoms with E-state index in [0.717, 1.165) is 16.7 Å². The van der Waals surface area contributed by atoms with Gasteiger partial charge in [0, 0.05) is 19.2 Å². The lowest BCUT2D eigenvalue weighted by Crippen LogP contribution is -2.38. The lowest BCUT2D eigenvalue weighted by molar-refractivity contribution is -0.385. The van der Waals surface area contributed by atoms with Crippen molar-refractivity contribution in [1.82, 2.24) is 10.2 Å². The lowest BCUT2D eigenvalue weighted by atomic mass is 10.2. The van der Waals surface area contributed by atoms with Crippen LogP contribution >= 0.6 is 35.0 Å². The van der Waals surface area contributed by atoms with Crippen LogP contribution in [0.5, 0.6) is 5.75 Å². The van der Waals surface area contributed by atoms with Gasteiger partial charge >= 0.3 is 5.69 Å². The summed E-state index contributed by atoms with van der Waals surface area (Å²) in [5.74, 6) is -1.11. The Morgan fingerprint density at radius 2 is 1.94 bits per heavy atom. The highest BCUT2D eigenvalue weighted by atomic mass is 35.5. The van der Waals surface area contributed by atoms with Gasteiger partial charge in [0.25, 0.3) is 17.1 Å². The van der Waals surface area contributed by atoms with Gasteiger partial charge in [0.2, 0.25) is 0 Å². The molecular weight excluding hydrogens is 481 g/mol. The molecule has 1 N–H and O–H groups in total. The zero-order valence-electron chi connectivity index (χ0n) is 16.2. The molecule has 0 aliphatic carbocycles. The van der Waals surface area contributed by atoms with Gasteiger partial charge in [0.15, 0.2) is 12.4 Å². The van der Waals surface area contributed by atoms with Crippen LogP contribution in [-0.2, 0) is 9.59 Å². The molecule has 12 heteroatoms. The van der Waals surface area contributed by atoms with Crippen molar-refractivity contribution in [2.75, 3.05) is 19.7 Å². The van der Waals surface area contributed by atoms with E-state index in [2.05, 4.69) is 5.32 Å². The highest BCUT2D eigenvalue weighted by Gasteiger charge is 2.34. The number of para-hydroxylation sites is 2. The van der Waals surface area contributed by atoms with Gasteiger partial charge in [-0.3, -0.25) is 29.4 Å². The maximum Gasteiger partial charge on any atom is 0.310 e.